The Hall–Kier alpha value is -6.06. The topological polar surface area (TPSA) is 15.7 Å². The molecule has 1 aliphatic carbocycles. The van der Waals surface area contributed by atoms with Gasteiger partial charge in [-0.25, -0.2) is 0 Å². The fourth-order valence-electron chi connectivity index (χ4n) is 8.93. The number of hydrogen-bond donors (Lipinski definition) is 0. The van der Waals surface area contributed by atoms with Gasteiger partial charge in [0.25, 0.3) is 0 Å². The highest BCUT2D eigenvalue weighted by Gasteiger charge is 2.44. The molecule has 0 radical (unpaired) electrons. The van der Waals surface area contributed by atoms with Gasteiger partial charge in [0.15, 0.2) is 11.5 Å². The van der Waals surface area contributed by atoms with Crippen molar-refractivity contribution in [2.75, 3.05) is 9.80 Å². The maximum absolute atomic E-state index is 6.72. The van der Waals surface area contributed by atoms with Crippen LogP contribution in [0.25, 0.3) is 22.3 Å². The summed E-state index contributed by atoms with van der Waals surface area (Å²) < 4.78 is 6.72. The van der Waals surface area contributed by atoms with Gasteiger partial charge in [-0.2, -0.15) is 0 Å². The molecule has 0 N–H and O–H groups in total. The van der Waals surface area contributed by atoms with E-state index in [1.165, 1.54) is 50.2 Å². The number of anilines is 6. The van der Waals surface area contributed by atoms with Gasteiger partial charge in [-0.1, -0.05) is 131 Å². The lowest BCUT2D eigenvalue weighted by Gasteiger charge is -2.46. The molecule has 10 rings (SSSR count). The molecule has 0 saturated heterocycles. The molecule has 0 bridgehead atoms. The van der Waals surface area contributed by atoms with Crippen molar-refractivity contribution in [3.05, 3.63) is 180 Å². The van der Waals surface area contributed by atoms with Crippen LogP contribution in [0.15, 0.2) is 158 Å². The van der Waals surface area contributed by atoms with Crippen molar-refractivity contribution in [3.63, 3.8) is 0 Å². The van der Waals surface area contributed by atoms with Crippen molar-refractivity contribution in [2.45, 2.75) is 38.5 Å². The molecule has 0 aromatic heterocycles. The second-order valence-electron chi connectivity index (χ2n) is 15.0. The van der Waals surface area contributed by atoms with Crippen molar-refractivity contribution in [1.82, 2.24) is 0 Å². The standard InChI is InChI=1S/C48H38N2O/c1-47(2)37-20-9-8-19-35(37)36-26-25-34(30-39(36)47)49(33-18-14-17-32(29-33)31-15-6-5-7-16-31)42-27-28-44-46-45(42)48(3,4)38-21-10-11-22-40(38)50(46)41-23-12-13-24-43(41)51-44/h5-30H,1-4H3. The number of nitrogens with zero attached hydrogens (tertiary/aromatic N) is 2. The van der Waals surface area contributed by atoms with Gasteiger partial charge in [0.05, 0.1) is 22.7 Å². The van der Waals surface area contributed by atoms with Crippen LogP contribution in [0.5, 0.6) is 11.5 Å². The highest BCUT2D eigenvalue weighted by Crippen LogP contribution is 2.63. The Morgan fingerprint density at radius 2 is 1.14 bits per heavy atom. The van der Waals surface area contributed by atoms with Crippen LogP contribution in [0.4, 0.5) is 34.1 Å². The molecule has 7 aromatic rings. The van der Waals surface area contributed by atoms with E-state index in [-0.39, 0.29) is 10.8 Å². The molecule has 0 amide bonds. The third-order valence-corrected chi connectivity index (χ3v) is 11.4. The fraction of sp³-hybridized carbons (Fsp3) is 0.125. The number of benzene rings is 7. The quantitative estimate of drug-likeness (QED) is 0.187. The number of fused-ring (bicyclic) bond motifs is 7. The smallest absolute Gasteiger partial charge is 0.152 e. The number of ether oxygens (including phenoxy) is 1. The normalized spacial score (nSPS) is 15.1. The Balaban J connectivity index is 1.26. The van der Waals surface area contributed by atoms with E-state index in [2.05, 4.69) is 189 Å². The Bertz CT molecular complexity index is 2530. The van der Waals surface area contributed by atoms with E-state index in [9.17, 15) is 0 Å². The minimum Gasteiger partial charge on any atom is -0.453 e. The predicted molar refractivity (Wildman–Crippen MR) is 211 cm³/mol. The summed E-state index contributed by atoms with van der Waals surface area (Å²) in [7, 11) is 0. The molecule has 0 atom stereocenters. The highest BCUT2D eigenvalue weighted by atomic mass is 16.5. The minimum atomic E-state index is -0.342. The first kappa shape index (κ1) is 29.8. The summed E-state index contributed by atoms with van der Waals surface area (Å²) in [6.07, 6.45) is 0. The summed E-state index contributed by atoms with van der Waals surface area (Å²) in [5.41, 5.74) is 16.5. The van der Waals surface area contributed by atoms with Gasteiger partial charge in [-0.3, -0.25) is 0 Å². The van der Waals surface area contributed by atoms with Gasteiger partial charge < -0.3 is 14.5 Å². The number of rotatable bonds is 4. The second-order valence-corrected chi connectivity index (χ2v) is 15.0. The summed E-state index contributed by atoms with van der Waals surface area (Å²) in [6.45, 7) is 9.45. The fourth-order valence-corrected chi connectivity index (χ4v) is 8.93. The molecule has 0 saturated carbocycles. The Morgan fingerprint density at radius 3 is 1.98 bits per heavy atom. The van der Waals surface area contributed by atoms with Gasteiger partial charge >= 0.3 is 0 Å². The van der Waals surface area contributed by atoms with Crippen molar-refractivity contribution in [1.29, 1.82) is 0 Å². The van der Waals surface area contributed by atoms with E-state index in [0.29, 0.717) is 0 Å². The number of para-hydroxylation sites is 3. The van der Waals surface area contributed by atoms with Crippen LogP contribution in [-0.2, 0) is 10.8 Å². The lowest BCUT2D eigenvalue weighted by Crippen LogP contribution is -2.34. The van der Waals surface area contributed by atoms with E-state index in [1.807, 2.05) is 6.07 Å². The van der Waals surface area contributed by atoms with Gasteiger partial charge in [-0.15, -0.1) is 0 Å². The molecule has 0 spiro atoms. The first-order valence-corrected chi connectivity index (χ1v) is 17.9. The monoisotopic (exact) mass is 658 g/mol. The Labute approximate surface area is 300 Å². The van der Waals surface area contributed by atoms with Crippen LogP contribution in [0.1, 0.15) is 49.9 Å². The predicted octanol–water partition coefficient (Wildman–Crippen LogP) is 13.3. The third kappa shape index (κ3) is 4.24. The van der Waals surface area contributed by atoms with Crippen LogP contribution in [0, 0.1) is 0 Å². The van der Waals surface area contributed by atoms with E-state index < -0.39 is 0 Å². The molecule has 246 valence electrons. The molecule has 2 aliphatic heterocycles. The molecule has 0 fully saturated rings. The van der Waals surface area contributed by atoms with E-state index in [4.69, 9.17) is 4.74 Å². The zero-order valence-corrected chi connectivity index (χ0v) is 29.3. The summed E-state index contributed by atoms with van der Waals surface area (Å²) >= 11 is 0. The van der Waals surface area contributed by atoms with E-state index in [1.54, 1.807) is 0 Å². The molecule has 7 aromatic carbocycles. The highest BCUT2D eigenvalue weighted by molar-refractivity contribution is 5.98. The summed E-state index contributed by atoms with van der Waals surface area (Å²) in [5.74, 6) is 1.74. The zero-order valence-electron chi connectivity index (χ0n) is 29.3. The average Bonchev–Trinajstić information content (AvgIpc) is 3.39. The second kappa shape index (κ2) is 10.7. The largest absolute Gasteiger partial charge is 0.453 e. The van der Waals surface area contributed by atoms with Crippen LogP contribution in [-0.4, -0.2) is 0 Å². The molecule has 2 heterocycles. The number of hydrogen-bond acceptors (Lipinski definition) is 3. The maximum atomic E-state index is 6.72. The maximum Gasteiger partial charge on any atom is 0.152 e. The Kier molecular flexibility index (Phi) is 6.27. The van der Waals surface area contributed by atoms with Crippen molar-refractivity contribution in [2.24, 2.45) is 0 Å². The molecule has 51 heavy (non-hydrogen) atoms. The van der Waals surface area contributed by atoms with Crippen molar-refractivity contribution >= 4 is 34.1 Å². The molecule has 3 nitrogen and oxygen atoms in total. The summed E-state index contributed by atoms with van der Waals surface area (Å²) in [5, 5.41) is 0. The molecular formula is C48H38N2O. The SMILES string of the molecule is CC1(C)c2ccccc2-c2ccc(N(c3cccc(-c4ccccc4)c3)c3ccc4c5c3C(C)(C)c3ccccc3N5c3ccccc3O4)cc21. The van der Waals surface area contributed by atoms with Gasteiger partial charge in [0, 0.05) is 27.8 Å². The third-order valence-electron chi connectivity index (χ3n) is 11.4. The molecular weight excluding hydrogens is 621 g/mol. The van der Waals surface area contributed by atoms with Crippen LogP contribution >= 0.6 is 0 Å². The molecule has 3 heteroatoms. The average molecular weight is 659 g/mol. The minimum absolute atomic E-state index is 0.129. The van der Waals surface area contributed by atoms with Crippen molar-refractivity contribution < 1.29 is 4.74 Å². The van der Waals surface area contributed by atoms with Crippen LogP contribution in [0.3, 0.4) is 0 Å². The van der Waals surface area contributed by atoms with Crippen LogP contribution in [0.2, 0.25) is 0 Å². The molecule has 0 unspecified atom stereocenters. The van der Waals surface area contributed by atoms with Gasteiger partial charge in [0.1, 0.15) is 0 Å². The first-order valence-electron chi connectivity index (χ1n) is 17.9. The van der Waals surface area contributed by atoms with Gasteiger partial charge in [0.2, 0.25) is 0 Å². The summed E-state index contributed by atoms with van der Waals surface area (Å²) in [6, 6.07) is 57.3. The first-order chi connectivity index (χ1) is 24.8. The zero-order chi connectivity index (χ0) is 34.5. The van der Waals surface area contributed by atoms with Gasteiger partial charge in [-0.05, 0) is 93.5 Å². The van der Waals surface area contributed by atoms with E-state index >= 15 is 0 Å². The Morgan fingerprint density at radius 1 is 0.471 bits per heavy atom. The lowest BCUT2D eigenvalue weighted by atomic mass is 9.72. The molecule has 3 aliphatic rings. The lowest BCUT2D eigenvalue weighted by molar-refractivity contribution is 0.471. The van der Waals surface area contributed by atoms with Crippen molar-refractivity contribution in [3.8, 4) is 33.8 Å². The van der Waals surface area contributed by atoms with Crippen LogP contribution < -0.4 is 14.5 Å². The van der Waals surface area contributed by atoms with E-state index in [0.717, 1.165) is 39.9 Å². The summed E-state index contributed by atoms with van der Waals surface area (Å²) in [4.78, 5) is 4.91.